The summed E-state index contributed by atoms with van der Waals surface area (Å²) in [6.07, 6.45) is -0.356. The molecule has 0 aromatic heterocycles. The van der Waals surface area contributed by atoms with Crippen LogP contribution in [0.15, 0.2) is 24.3 Å². The fourth-order valence-electron chi connectivity index (χ4n) is 4.10. The van der Waals surface area contributed by atoms with Crippen molar-refractivity contribution in [3.63, 3.8) is 0 Å². The Morgan fingerprint density at radius 1 is 1.08 bits per heavy atom. The van der Waals surface area contributed by atoms with E-state index in [1.54, 1.807) is 65.8 Å². The lowest BCUT2D eigenvalue weighted by atomic mass is 9.79. The highest BCUT2D eigenvalue weighted by molar-refractivity contribution is 6.58. The SMILES string of the molecule is CN(C(=O)[C@H](CCN1CCOCC1)NC(=O)OC(C)(C)C)[C@@H](Cc1cccc(B(O)O)c1)C(=O)OC(C)(C)C. The molecule has 0 aliphatic carbocycles. The summed E-state index contributed by atoms with van der Waals surface area (Å²) >= 11 is 0. The van der Waals surface area contributed by atoms with E-state index in [1.807, 2.05) is 0 Å². The zero-order valence-corrected chi connectivity index (χ0v) is 24.2. The molecule has 0 bridgehead atoms. The number of nitrogens with zero attached hydrogens (tertiary/aromatic N) is 2. The molecule has 2 amide bonds. The van der Waals surface area contributed by atoms with Crippen molar-refractivity contribution in [1.82, 2.24) is 15.1 Å². The first kappa shape index (κ1) is 32.5. The number of amides is 2. The van der Waals surface area contributed by atoms with Crippen molar-refractivity contribution in [3.8, 4) is 0 Å². The average Bonchev–Trinajstić information content (AvgIpc) is 2.82. The number of esters is 1. The molecule has 11 nitrogen and oxygen atoms in total. The fraction of sp³-hybridized carbons (Fsp3) is 0.667. The first-order valence-electron chi connectivity index (χ1n) is 13.3. The number of alkyl carbamates (subject to hydrolysis) is 1. The summed E-state index contributed by atoms with van der Waals surface area (Å²) in [7, 11) is -0.174. The van der Waals surface area contributed by atoms with Crippen LogP contribution >= 0.6 is 0 Å². The number of carbonyl (C=O) groups is 3. The number of likely N-dealkylation sites (N-methyl/N-ethyl adjacent to an activating group) is 1. The molecule has 2 rings (SSSR count). The van der Waals surface area contributed by atoms with Crippen LogP contribution in [0, 0.1) is 0 Å². The average molecular weight is 549 g/mol. The zero-order valence-electron chi connectivity index (χ0n) is 24.2. The highest BCUT2D eigenvalue weighted by Crippen LogP contribution is 2.17. The molecule has 39 heavy (non-hydrogen) atoms. The van der Waals surface area contributed by atoms with Crippen LogP contribution in [0.1, 0.15) is 53.5 Å². The summed E-state index contributed by atoms with van der Waals surface area (Å²) < 4.78 is 16.4. The van der Waals surface area contributed by atoms with Gasteiger partial charge in [0.05, 0.1) is 13.2 Å². The molecule has 2 atom stereocenters. The van der Waals surface area contributed by atoms with Crippen LogP contribution in [-0.4, -0.2) is 108 Å². The van der Waals surface area contributed by atoms with E-state index < -0.39 is 48.4 Å². The molecule has 0 radical (unpaired) electrons. The molecule has 1 saturated heterocycles. The van der Waals surface area contributed by atoms with Gasteiger partial charge in [-0.3, -0.25) is 9.69 Å². The third-order valence-electron chi connectivity index (χ3n) is 6.00. The summed E-state index contributed by atoms with van der Waals surface area (Å²) in [6, 6.07) is 4.51. The van der Waals surface area contributed by atoms with E-state index in [0.717, 1.165) is 13.1 Å². The lowest BCUT2D eigenvalue weighted by Crippen LogP contribution is -2.55. The molecule has 1 aliphatic rings. The number of rotatable bonds is 10. The topological polar surface area (TPSA) is 138 Å². The Kier molecular flexibility index (Phi) is 11.8. The molecular weight excluding hydrogens is 505 g/mol. The summed E-state index contributed by atoms with van der Waals surface area (Å²) in [5, 5.41) is 21.9. The maximum absolute atomic E-state index is 13.8. The second kappa shape index (κ2) is 14.1. The Balaban J connectivity index is 2.31. The molecule has 3 N–H and O–H groups in total. The van der Waals surface area contributed by atoms with Crippen LogP contribution < -0.4 is 10.8 Å². The van der Waals surface area contributed by atoms with Crippen LogP contribution in [0.4, 0.5) is 4.79 Å². The van der Waals surface area contributed by atoms with Crippen molar-refractivity contribution >= 4 is 30.6 Å². The normalized spacial score (nSPS) is 16.1. The number of nitrogens with one attached hydrogen (secondary N) is 1. The smallest absolute Gasteiger partial charge is 0.458 e. The maximum atomic E-state index is 13.8. The van der Waals surface area contributed by atoms with Crippen molar-refractivity contribution in [2.45, 2.75) is 77.7 Å². The van der Waals surface area contributed by atoms with Crippen LogP contribution in [0.2, 0.25) is 0 Å². The van der Waals surface area contributed by atoms with Crippen molar-refractivity contribution in [2.24, 2.45) is 0 Å². The predicted octanol–water partition coefficient (Wildman–Crippen LogP) is 0.693. The number of carbonyl (C=O) groups excluding carboxylic acids is 3. The monoisotopic (exact) mass is 549 g/mol. The standard InChI is InChI=1S/C27H44BN3O8/c1-26(2,3)38-24(33)22(18-19-9-8-10-20(17-19)28(35)36)30(7)23(32)21(29-25(34)39-27(4,5)6)11-12-31-13-15-37-16-14-31/h8-10,17,21-22,35-36H,11-16,18H2,1-7H3,(H,29,34)/t21-,22-/m0/s1. The summed E-state index contributed by atoms with van der Waals surface area (Å²) in [6.45, 7) is 13.6. The van der Waals surface area contributed by atoms with Crippen molar-refractivity contribution in [3.05, 3.63) is 29.8 Å². The van der Waals surface area contributed by atoms with E-state index in [0.29, 0.717) is 31.7 Å². The predicted molar refractivity (Wildman–Crippen MR) is 147 cm³/mol. The van der Waals surface area contributed by atoms with Crippen LogP contribution in [0.5, 0.6) is 0 Å². The minimum absolute atomic E-state index is 0.0698. The first-order valence-corrected chi connectivity index (χ1v) is 13.3. The van der Waals surface area contributed by atoms with Gasteiger partial charge < -0.3 is 34.5 Å². The lowest BCUT2D eigenvalue weighted by molar-refractivity contribution is -0.164. The Morgan fingerprint density at radius 3 is 2.26 bits per heavy atom. The Morgan fingerprint density at radius 2 is 1.69 bits per heavy atom. The van der Waals surface area contributed by atoms with Crippen molar-refractivity contribution < 1.29 is 38.6 Å². The number of benzene rings is 1. The lowest BCUT2D eigenvalue weighted by Gasteiger charge is -2.34. The Bertz CT molecular complexity index is 971. The Labute approximate surface area is 231 Å². The molecule has 0 saturated carbocycles. The van der Waals surface area contributed by atoms with Gasteiger partial charge in [0.2, 0.25) is 5.91 Å². The fourth-order valence-corrected chi connectivity index (χ4v) is 4.10. The van der Waals surface area contributed by atoms with Gasteiger partial charge in [-0.25, -0.2) is 9.59 Å². The van der Waals surface area contributed by atoms with Gasteiger partial charge in [-0.2, -0.15) is 0 Å². The Hall–Kier alpha value is -2.67. The van der Waals surface area contributed by atoms with E-state index in [9.17, 15) is 24.4 Å². The molecule has 1 heterocycles. The highest BCUT2D eigenvalue weighted by Gasteiger charge is 2.36. The quantitative estimate of drug-likeness (QED) is 0.284. The number of hydrogen-bond donors (Lipinski definition) is 3. The van der Waals surface area contributed by atoms with Gasteiger partial charge in [0.15, 0.2) is 0 Å². The number of hydrogen-bond acceptors (Lipinski definition) is 9. The van der Waals surface area contributed by atoms with E-state index in [2.05, 4.69) is 10.2 Å². The molecular formula is C27H44BN3O8. The second-order valence-electron chi connectivity index (χ2n) is 11.8. The van der Waals surface area contributed by atoms with Gasteiger partial charge in [-0.15, -0.1) is 0 Å². The van der Waals surface area contributed by atoms with Gasteiger partial charge in [-0.05, 0) is 59.0 Å². The van der Waals surface area contributed by atoms with E-state index in [4.69, 9.17) is 14.2 Å². The highest BCUT2D eigenvalue weighted by atomic mass is 16.6. The van der Waals surface area contributed by atoms with Gasteiger partial charge >= 0.3 is 19.2 Å². The molecule has 12 heteroatoms. The van der Waals surface area contributed by atoms with E-state index in [-0.39, 0.29) is 11.9 Å². The third kappa shape index (κ3) is 11.5. The first-order chi connectivity index (χ1) is 18.1. The van der Waals surface area contributed by atoms with Crippen molar-refractivity contribution in [2.75, 3.05) is 39.9 Å². The maximum Gasteiger partial charge on any atom is 0.488 e. The molecule has 0 unspecified atom stereocenters. The number of morpholine rings is 1. The molecule has 218 valence electrons. The van der Waals surface area contributed by atoms with Gasteiger partial charge in [0.25, 0.3) is 0 Å². The van der Waals surface area contributed by atoms with Crippen molar-refractivity contribution in [1.29, 1.82) is 0 Å². The second-order valence-corrected chi connectivity index (χ2v) is 11.8. The van der Waals surface area contributed by atoms with E-state index in [1.165, 1.54) is 11.9 Å². The molecule has 0 spiro atoms. The molecule has 1 aromatic rings. The molecule has 1 fully saturated rings. The van der Waals surface area contributed by atoms with Crippen LogP contribution in [-0.2, 0) is 30.2 Å². The third-order valence-corrected chi connectivity index (χ3v) is 6.00. The largest absolute Gasteiger partial charge is 0.488 e. The molecule has 1 aliphatic heterocycles. The van der Waals surface area contributed by atoms with Gasteiger partial charge in [-0.1, -0.05) is 24.3 Å². The summed E-state index contributed by atoms with van der Waals surface area (Å²) in [4.78, 5) is 43.2. The van der Waals surface area contributed by atoms with Gasteiger partial charge in [0.1, 0.15) is 23.3 Å². The van der Waals surface area contributed by atoms with Crippen LogP contribution in [0.3, 0.4) is 0 Å². The zero-order chi connectivity index (χ0) is 29.4. The van der Waals surface area contributed by atoms with Gasteiger partial charge in [0, 0.05) is 33.1 Å². The van der Waals surface area contributed by atoms with E-state index >= 15 is 0 Å². The minimum atomic E-state index is -1.67. The minimum Gasteiger partial charge on any atom is -0.458 e. The molecule has 1 aromatic carbocycles. The summed E-state index contributed by atoms with van der Waals surface area (Å²) in [5.74, 6) is -1.08. The van der Waals surface area contributed by atoms with Crippen LogP contribution in [0.25, 0.3) is 0 Å². The summed E-state index contributed by atoms with van der Waals surface area (Å²) in [5.41, 5.74) is -0.678. The number of ether oxygens (including phenoxy) is 3.